The number of nitrogens with zero attached hydrogens (tertiary/aromatic N) is 1. The maximum atomic E-state index is 13.7. The van der Waals surface area contributed by atoms with Crippen LogP contribution in [0.3, 0.4) is 0 Å². The zero-order chi connectivity index (χ0) is 13.3. The average Bonchev–Trinajstić information content (AvgIpc) is 2.28. The van der Waals surface area contributed by atoms with Crippen LogP contribution in [0.4, 0.5) is 18.9 Å². The van der Waals surface area contributed by atoms with Crippen molar-refractivity contribution in [3.63, 3.8) is 0 Å². The molecule has 0 spiro atoms. The highest BCUT2D eigenvalue weighted by molar-refractivity contribution is 5.50. The number of anilines is 1. The van der Waals surface area contributed by atoms with Gasteiger partial charge in [-0.1, -0.05) is 6.92 Å². The molecule has 1 atom stereocenters. The minimum Gasteiger partial charge on any atom is -0.364 e. The highest BCUT2D eigenvalue weighted by Crippen LogP contribution is 2.28. The van der Waals surface area contributed by atoms with E-state index in [1.54, 1.807) is 4.90 Å². The molecule has 1 heterocycles. The second kappa shape index (κ2) is 4.80. The molecule has 0 aliphatic carbocycles. The molecule has 0 aromatic heterocycles. The molecule has 1 aliphatic heterocycles. The lowest BCUT2D eigenvalue weighted by molar-refractivity contribution is 0.311. The van der Waals surface area contributed by atoms with Gasteiger partial charge in [-0.15, -0.1) is 0 Å². The molecule has 1 fully saturated rings. The quantitative estimate of drug-likeness (QED) is 0.877. The molecule has 2 nitrogen and oxygen atoms in total. The van der Waals surface area contributed by atoms with E-state index in [2.05, 4.69) is 5.32 Å². The lowest BCUT2D eigenvalue weighted by Crippen LogP contribution is -2.58. The van der Waals surface area contributed by atoms with Crippen LogP contribution in [0, 0.1) is 17.5 Å². The Kier molecular flexibility index (Phi) is 3.52. The van der Waals surface area contributed by atoms with Crippen molar-refractivity contribution in [3.05, 3.63) is 29.6 Å². The zero-order valence-corrected chi connectivity index (χ0v) is 10.6. The van der Waals surface area contributed by atoms with Gasteiger partial charge < -0.3 is 10.2 Å². The summed E-state index contributed by atoms with van der Waals surface area (Å²) in [7, 11) is 0. The van der Waals surface area contributed by atoms with E-state index in [4.69, 9.17) is 0 Å². The molecule has 1 N–H and O–H groups in total. The Bertz CT molecular complexity index is 427. The molecular weight excluding hydrogens is 241 g/mol. The summed E-state index contributed by atoms with van der Waals surface area (Å²) in [5, 5.41) is 3.33. The first-order valence-electron chi connectivity index (χ1n) is 6.10. The van der Waals surface area contributed by atoms with Crippen LogP contribution >= 0.6 is 0 Å². The van der Waals surface area contributed by atoms with Crippen LogP contribution in [0.5, 0.6) is 0 Å². The highest BCUT2D eigenvalue weighted by atomic mass is 19.1. The molecule has 1 unspecified atom stereocenters. The fraction of sp³-hybridized carbons (Fsp3) is 0.538. The van der Waals surface area contributed by atoms with E-state index in [1.165, 1.54) is 0 Å². The Balaban J connectivity index is 2.32. The lowest BCUT2D eigenvalue weighted by Gasteiger charge is -2.42. The second-order valence-electron chi connectivity index (χ2n) is 4.98. The van der Waals surface area contributed by atoms with Crippen LogP contribution in [0.1, 0.15) is 20.3 Å². The Morgan fingerprint density at radius 3 is 2.44 bits per heavy atom. The molecule has 18 heavy (non-hydrogen) atoms. The van der Waals surface area contributed by atoms with Gasteiger partial charge in [-0.3, -0.25) is 0 Å². The number of halogens is 3. The third-order valence-electron chi connectivity index (χ3n) is 3.55. The van der Waals surface area contributed by atoms with Gasteiger partial charge in [-0.2, -0.15) is 0 Å². The van der Waals surface area contributed by atoms with Gasteiger partial charge in [-0.25, -0.2) is 13.2 Å². The number of hydrogen-bond acceptors (Lipinski definition) is 2. The number of hydrogen-bond donors (Lipinski definition) is 1. The van der Waals surface area contributed by atoms with Gasteiger partial charge in [0, 0.05) is 37.3 Å². The maximum Gasteiger partial charge on any atom is 0.152 e. The summed E-state index contributed by atoms with van der Waals surface area (Å²) in [6, 6.07) is 1.45. The van der Waals surface area contributed by atoms with Crippen molar-refractivity contribution in [1.29, 1.82) is 0 Å². The third kappa shape index (κ3) is 2.46. The average molecular weight is 258 g/mol. The molecule has 100 valence electrons. The fourth-order valence-electron chi connectivity index (χ4n) is 2.31. The third-order valence-corrected chi connectivity index (χ3v) is 3.55. The van der Waals surface area contributed by atoms with E-state index in [0.717, 1.165) is 18.6 Å². The maximum absolute atomic E-state index is 13.7. The molecule has 1 aromatic rings. The topological polar surface area (TPSA) is 15.3 Å². The predicted octanol–water partition coefficient (Wildman–Crippen LogP) is 2.68. The van der Waals surface area contributed by atoms with Gasteiger partial charge in [-0.05, 0) is 13.3 Å². The summed E-state index contributed by atoms with van der Waals surface area (Å²) in [4.78, 5) is 1.64. The minimum atomic E-state index is -0.887. The number of piperazine rings is 1. The van der Waals surface area contributed by atoms with Crippen molar-refractivity contribution in [2.75, 3.05) is 24.5 Å². The molecule has 1 aromatic carbocycles. The van der Waals surface area contributed by atoms with Gasteiger partial charge in [0.1, 0.15) is 11.5 Å². The van der Waals surface area contributed by atoms with Crippen LogP contribution in [-0.2, 0) is 0 Å². The standard InChI is InChI=1S/C13H17F3N2/c1-3-13(2)8-18(5-4-17-13)12-10(15)6-9(14)7-11(12)16/h6-7,17H,3-5,8H2,1-2H3. The predicted molar refractivity (Wildman–Crippen MR) is 65.2 cm³/mol. The van der Waals surface area contributed by atoms with E-state index in [1.807, 2.05) is 13.8 Å². The number of rotatable bonds is 2. The van der Waals surface area contributed by atoms with Crippen LogP contribution in [0.15, 0.2) is 12.1 Å². The summed E-state index contributed by atoms with van der Waals surface area (Å²) < 4.78 is 40.3. The van der Waals surface area contributed by atoms with Crippen molar-refractivity contribution in [2.45, 2.75) is 25.8 Å². The van der Waals surface area contributed by atoms with E-state index in [-0.39, 0.29) is 11.2 Å². The molecule has 2 rings (SSSR count). The summed E-state index contributed by atoms with van der Waals surface area (Å²) in [5.74, 6) is -2.57. The van der Waals surface area contributed by atoms with Crippen molar-refractivity contribution < 1.29 is 13.2 Å². The Labute approximate surface area is 105 Å². The van der Waals surface area contributed by atoms with Gasteiger partial charge in [0.05, 0.1) is 0 Å². The summed E-state index contributed by atoms with van der Waals surface area (Å²) >= 11 is 0. The number of benzene rings is 1. The lowest BCUT2D eigenvalue weighted by atomic mass is 9.95. The smallest absolute Gasteiger partial charge is 0.152 e. The highest BCUT2D eigenvalue weighted by Gasteiger charge is 2.31. The first-order valence-corrected chi connectivity index (χ1v) is 6.10. The molecule has 0 amide bonds. The molecule has 5 heteroatoms. The van der Waals surface area contributed by atoms with Gasteiger partial charge in [0.2, 0.25) is 0 Å². The van der Waals surface area contributed by atoms with E-state index in [0.29, 0.717) is 19.6 Å². The summed E-state index contributed by atoms with van der Waals surface area (Å²) in [5.41, 5.74) is -0.302. The molecule has 1 saturated heterocycles. The first-order chi connectivity index (χ1) is 8.45. The largest absolute Gasteiger partial charge is 0.364 e. The normalized spacial score (nSPS) is 24.4. The monoisotopic (exact) mass is 258 g/mol. The number of nitrogens with one attached hydrogen (secondary N) is 1. The second-order valence-corrected chi connectivity index (χ2v) is 4.98. The van der Waals surface area contributed by atoms with Crippen LogP contribution in [0.25, 0.3) is 0 Å². The van der Waals surface area contributed by atoms with E-state index in [9.17, 15) is 13.2 Å². The molecule has 0 saturated carbocycles. The molecule has 0 radical (unpaired) electrons. The zero-order valence-electron chi connectivity index (χ0n) is 10.6. The minimum absolute atomic E-state index is 0.127. The van der Waals surface area contributed by atoms with E-state index < -0.39 is 17.5 Å². The van der Waals surface area contributed by atoms with Gasteiger partial charge in [0.15, 0.2) is 11.6 Å². The Morgan fingerprint density at radius 1 is 1.28 bits per heavy atom. The molecular formula is C13H17F3N2. The van der Waals surface area contributed by atoms with E-state index >= 15 is 0 Å². The molecule has 0 bridgehead atoms. The van der Waals surface area contributed by atoms with Crippen LogP contribution in [-0.4, -0.2) is 25.2 Å². The first kappa shape index (κ1) is 13.2. The van der Waals surface area contributed by atoms with Crippen molar-refractivity contribution >= 4 is 5.69 Å². The van der Waals surface area contributed by atoms with Gasteiger partial charge >= 0.3 is 0 Å². The van der Waals surface area contributed by atoms with Crippen molar-refractivity contribution in [2.24, 2.45) is 0 Å². The van der Waals surface area contributed by atoms with Crippen molar-refractivity contribution in [3.8, 4) is 0 Å². The Morgan fingerprint density at radius 2 is 1.89 bits per heavy atom. The summed E-state index contributed by atoms with van der Waals surface area (Å²) in [6.07, 6.45) is 0.855. The Hall–Kier alpha value is -1.23. The summed E-state index contributed by atoms with van der Waals surface area (Å²) in [6.45, 7) is 5.70. The fourth-order valence-corrected chi connectivity index (χ4v) is 2.31. The van der Waals surface area contributed by atoms with Crippen LogP contribution < -0.4 is 10.2 Å². The van der Waals surface area contributed by atoms with Crippen molar-refractivity contribution in [1.82, 2.24) is 5.32 Å². The molecule has 1 aliphatic rings. The SMILES string of the molecule is CCC1(C)CN(c2c(F)cc(F)cc2F)CCN1. The van der Waals surface area contributed by atoms with Gasteiger partial charge in [0.25, 0.3) is 0 Å². The van der Waals surface area contributed by atoms with Crippen LogP contribution in [0.2, 0.25) is 0 Å².